The third-order valence-corrected chi connectivity index (χ3v) is 4.89. The van der Waals surface area contributed by atoms with Crippen LogP contribution in [0.4, 0.5) is 4.79 Å². The highest BCUT2D eigenvalue weighted by Gasteiger charge is 2.36. The highest BCUT2D eigenvalue weighted by Crippen LogP contribution is 2.36. The molecule has 1 aliphatic rings. The van der Waals surface area contributed by atoms with Crippen molar-refractivity contribution in [1.82, 2.24) is 4.90 Å². The average molecular weight is 395 g/mol. The zero-order valence-corrected chi connectivity index (χ0v) is 16.0. The van der Waals surface area contributed by atoms with Crippen molar-refractivity contribution in [2.45, 2.75) is 6.92 Å². The van der Waals surface area contributed by atoms with Crippen LogP contribution in [0.1, 0.15) is 12.5 Å². The van der Waals surface area contributed by atoms with Gasteiger partial charge in [-0.15, -0.1) is 6.42 Å². The van der Waals surface area contributed by atoms with Gasteiger partial charge in [0.05, 0.1) is 11.5 Å². The van der Waals surface area contributed by atoms with Gasteiger partial charge in [0.2, 0.25) is 0 Å². The molecule has 1 saturated heterocycles. The molecule has 2 amide bonds. The molecule has 28 heavy (non-hydrogen) atoms. The molecule has 2 aromatic carbocycles. The van der Waals surface area contributed by atoms with Gasteiger partial charge in [0, 0.05) is 5.56 Å². The highest BCUT2D eigenvalue weighted by molar-refractivity contribution is 8.18. The Morgan fingerprint density at radius 1 is 1.25 bits per heavy atom. The number of hydrogen-bond donors (Lipinski definition) is 0. The van der Waals surface area contributed by atoms with E-state index in [4.69, 9.17) is 15.9 Å². The van der Waals surface area contributed by atoms with Crippen molar-refractivity contribution in [2.75, 3.05) is 19.8 Å². The third kappa shape index (κ3) is 4.02. The summed E-state index contributed by atoms with van der Waals surface area (Å²) in [5, 5.41) is 1.29. The number of amides is 2. The van der Waals surface area contributed by atoms with Gasteiger partial charge in [-0.3, -0.25) is 19.3 Å². The van der Waals surface area contributed by atoms with Crippen LogP contribution in [0.2, 0.25) is 0 Å². The van der Waals surface area contributed by atoms with Gasteiger partial charge < -0.3 is 9.47 Å². The average Bonchev–Trinajstić information content (AvgIpc) is 2.95. The number of imide groups is 1. The largest absolute Gasteiger partial charge is 0.480 e. The monoisotopic (exact) mass is 395 g/mol. The second kappa shape index (κ2) is 8.63. The quantitative estimate of drug-likeness (QED) is 0.424. The lowest BCUT2D eigenvalue weighted by Crippen LogP contribution is -2.34. The van der Waals surface area contributed by atoms with Gasteiger partial charge in [-0.2, -0.15) is 0 Å². The van der Waals surface area contributed by atoms with E-state index in [2.05, 4.69) is 5.92 Å². The molecule has 0 aromatic heterocycles. The summed E-state index contributed by atoms with van der Waals surface area (Å²) in [6.07, 6.45) is 6.89. The number of nitrogens with zero attached hydrogens (tertiary/aromatic N) is 1. The lowest BCUT2D eigenvalue weighted by Gasteiger charge is -2.12. The molecule has 142 valence electrons. The number of esters is 1. The number of terminal acetylenes is 1. The Hall–Kier alpha value is -3.24. The maximum absolute atomic E-state index is 12.7. The van der Waals surface area contributed by atoms with Crippen LogP contribution in [-0.2, 0) is 14.3 Å². The molecule has 0 atom stereocenters. The molecular weight excluding hydrogens is 378 g/mol. The summed E-state index contributed by atoms with van der Waals surface area (Å²) in [7, 11) is 0. The van der Waals surface area contributed by atoms with Crippen LogP contribution in [0.15, 0.2) is 41.3 Å². The van der Waals surface area contributed by atoms with Crippen molar-refractivity contribution in [1.29, 1.82) is 0 Å². The number of rotatable bonds is 6. The molecule has 1 heterocycles. The molecule has 3 rings (SSSR count). The van der Waals surface area contributed by atoms with E-state index in [0.717, 1.165) is 27.4 Å². The Bertz CT molecular complexity index is 1020. The molecule has 7 heteroatoms. The molecule has 2 aromatic rings. The summed E-state index contributed by atoms with van der Waals surface area (Å²) in [4.78, 5) is 37.6. The number of carbonyl (C=O) groups is 3. The summed E-state index contributed by atoms with van der Waals surface area (Å²) in [6, 6.07) is 11.3. The molecule has 0 N–H and O–H groups in total. The zero-order valence-electron chi connectivity index (χ0n) is 15.1. The Kier molecular flexibility index (Phi) is 6.02. The van der Waals surface area contributed by atoms with E-state index in [9.17, 15) is 14.4 Å². The predicted molar refractivity (Wildman–Crippen MR) is 108 cm³/mol. The summed E-state index contributed by atoms with van der Waals surface area (Å²) in [6.45, 7) is 1.50. The molecule has 6 nitrogen and oxygen atoms in total. The lowest BCUT2D eigenvalue weighted by atomic mass is 10.0. The smallest absolute Gasteiger partial charge is 0.326 e. The van der Waals surface area contributed by atoms with Crippen LogP contribution in [0.25, 0.3) is 16.8 Å². The van der Waals surface area contributed by atoms with E-state index in [1.807, 2.05) is 30.3 Å². The van der Waals surface area contributed by atoms with Crippen LogP contribution >= 0.6 is 11.8 Å². The number of thioether (sulfide) groups is 1. The fourth-order valence-electron chi connectivity index (χ4n) is 2.77. The number of fused-ring (bicyclic) bond motifs is 1. The number of benzene rings is 2. The fraction of sp³-hybridized carbons (Fsp3) is 0.190. The Morgan fingerprint density at radius 2 is 2.04 bits per heavy atom. The highest BCUT2D eigenvalue weighted by atomic mass is 32.2. The maximum Gasteiger partial charge on any atom is 0.326 e. The maximum atomic E-state index is 12.7. The predicted octanol–water partition coefficient (Wildman–Crippen LogP) is 3.45. The van der Waals surface area contributed by atoms with Crippen molar-refractivity contribution in [3.63, 3.8) is 0 Å². The molecule has 0 aliphatic carbocycles. The molecule has 1 aliphatic heterocycles. The van der Waals surface area contributed by atoms with E-state index in [1.165, 1.54) is 0 Å². The van der Waals surface area contributed by atoms with Gasteiger partial charge >= 0.3 is 5.97 Å². The molecule has 0 saturated carbocycles. The first kappa shape index (κ1) is 19.5. The number of carbonyl (C=O) groups excluding carboxylic acids is 3. The first-order valence-electron chi connectivity index (χ1n) is 8.54. The molecule has 0 bridgehead atoms. The van der Waals surface area contributed by atoms with Gasteiger partial charge in [0.15, 0.2) is 0 Å². The van der Waals surface area contributed by atoms with Crippen molar-refractivity contribution in [2.24, 2.45) is 0 Å². The number of hydrogen-bond acceptors (Lipinski definition) is 6. The molecule has 0 spiro atoms. The van der Waals surface area contributed by atoms with Gasteiger partial charge in [-0.1, -0.05) is 36.3 Å². The Morgan fingerprint density at radius 3 is 2.79 bits per heavy atom. The van der Waals surface area contributed by atoms with Crippen LogP contribution in [0.3, 0.4) is 0 Å². The molecular formula is C21H17NO5S. The topological polar surface area (TPSA) is 72.9 Å². The zero-order chi connectivity index (χ0) is 20.1. The van der Waals surface area contributed by atoms with E-state index in [-0.39, 0.29) is 18.1 Å². The van der Waals surface area contributed by atoms with E-state index in [1.54, 1.807) is 19.1 Å². The van der Waals surface area contributed by atoms with Crippen molar-refractivity contribution >= 4 is 45.7 Å². The fourth-order valence-corrected chi connectivity index (χ4v) is 3.59. The molecule has 1 fully saturated rings. The number of ether oxygens (including phenoxy) is 2. The summed E-state index contributed by atoms with van der Waals surface area (Å²) < 4.78 is 10.4. The normalized spacial score (nSPS) is 15.1. The van der Waals surface area contributed by atoms with Crippen LogP contribution < -0.4 is 4.74 Å². The molecule has 0 unspecified atom stereocenters. The Balaban J connectivity index is 1.99. The standard InChI is InChI=1S/C21H17NO5S/c1-3-11-27-17-10-9-14-7-5-6-8-15(14)16(17)12-18-20(24)22(21(25)28-18)13-19(23)26-4-2/h1,5-10,12H,4,11,13H2,2H3. The van der Waals surface area contributed by atoms with Gasteiger partial charge in [0.25, 0.3) is 11.1 Å². The minimum Gasteiger partial charge on any atom is -0.480 e. The van der Waals surface area contributed by atoms with Crippen molar-refractivity contribution < 1.29 is 23.9 Å². The summed E-state index contributed by atoms with van der Waals surface area (Å²) in [5.74, 6) is 1.75. The summed E-state index contributed by atoms with van der Waals surface area (Å²) >= 11 is 0.773. The Labute approximate surface area is 166 Å². The first-order chi connectivity index (χ1) is 13.5. The lowest BCUT2D eigenvalue weighted by molar-refractivity contribution is -0.145. The minimum atomic E-state index is -0.630. The van der Waals surface area contributed by atoms with Crippen LogP contribution in [0.5, 0.6) is 5.75 Å². The van der Waals surface area contributed by atoms with Crippen LogP contribution in [-0.4, -0.2) is 41.8 Å². The van der Waals surface area contributed by atoms with E-state index < -0.39 is 23.7 Å². The van der Waals surface area contributed by atoms with Crippen molar-refractivity contribution in [3.05, 3.63) is 46.9 Å². The van der Waals surface area contributed by atoms with E-state index in [0.29, 0.717) is 11.3 Å². The first-order valence-corrected chi connectivity index (χ1v) is 9.35. The molecule has 0 radical (unpaired) electrons. The van der Waals surface area contributed by atoms with E-state index >= 15 is 0 Å². The van der Waals surface area contributed by atoms with Crippen molar-refractivity contribution in [3.8, 4) is 18.1 Å². The van der Waals surface area contributed by atoms with Gasteiger partial charge in [-0.25, -0.2) is 0 Å². The van der Waals surface area contributed by atoms with Gasteiger partial charge in [0.1, 0.15) is 18.9 Å². The third-order valence-electron chi connectivity index (χ3n) is 3.98. The summed E-state index contributed by atoms with van der Waals surface area (Å²) in [5.41, 5.74) is 0.648. The second-order valence-electron chi connectivity index (χ2n) is 5.76. The second-order valence-corrected chi connectivity index (χ2v) is 6.76. The minimum absolute atomic E-state index is 0.0729. The van der Waals surface area contributed by atoms with Gasteiger partial charge in [-0.05, 0) is 41.6 Å². The van der Waals surface area contributed by atoms with Crippen LogP contribution in [0, 0.1) is 12.3 Å². The SMILES string of the molecule is C#CCOc1ccc2ccccc2c1C=C1SC(=O)N(CC(=O)OCC)C1=O.